The summed E-state index contributed by atoms with van der Waals surface area (Å²) in [7, 11) is 0. The van der Waals surface area contributed by atoms with Crippen LogP contribution in [0.4, 0.5) is 15.8 Å². The maximum atomic E-state index is 13.4. The van der Waals surface area contributed by atoms with E-state index in [4.69, 9.17) is 5.73 Å². The molecule has 0 aliphatic rings. The molecule has 2 aromatic rings. The number of halogens is 1. The Bertz CT molecular complexity index is 686. The second kappa shape index (κ2) is 5.83. The molecule has 0 fully saturated rings. The molecule has 4 nitrogen and oxygen atoms in total. The number of nitrogens with zero attached hydrogens (tertiary/aromatic N) is 1. The number of phenols is 1. The third-order valence-electron chi connectivity index (χ3n) is 3.29. The lowest BCUT2D eigenvalue weighted by Crippen LogP contribution is -2.31. The van der Waals surface area contributed by atoms with Crippen molar-refractivity contribution >= 4 is 17.3 Å². The molecule has 0 radical (unpaired) electrons. The number of aromatic hydroxyl groups is 1. The molecule has 0 bridgehead atoms. The van der Waals surface area contributed by atoms with Crippen LogP contribution in [-0.2, 0) is 0 Å². The molecule has 2 rings (SSSR count). The third-order valence-corrected chi connectivity index (χ3v) is 3.29. The van der Waals surface area contributed by atoms with E-state index in [2.05, 4.69) is 0 Å². The van der Waals surface area contributed by atoms with Gasteiger partial charge in [0.15, 0.2) is 0 Å². The summed E-state index contributed by atoms with van der Waals surface area (Å²) in [5, 5.41) is 9.61. The molecule has 0 saturated heterocycles. The van der Waals surface area contributed by atoms with E-state index in [1.54, 1.807) is 19.1 Å². The zero-order chi connectivity index (χ0) is 15.6. The first-order valence-corrected chi connectivity index (χ1v) is 6.60. The minimum Gasteiger partial charge on any atom is -0.508 e. The summed E-state index contributed by atoms with van der Waals surface area (Å²) in [5.74, 6) is -0.853. The SMILES string of the molecule is CCN(C(=O)c1cc(F)ccc1N)c1cc(O)ccc1C. The second-order valence-corrected chi connectivity index (χ2v) is 4.75. The molecule has 0 aliphatic carbocycles. The van der Waals surface area contributed by atoms with Crippen LogP contribution in [0.3, 0.4) is 0 Å². The predicted molar refractivity (Wildman–Crippen MR) is 81.0 cm³/mol. The number of rotatable bonds is 3. The Labute approximate surface area is 122 Å². The lowest BCUT2D eigenvalue weighted by Gasteiger charge is -2.24. The average molecular weight is 288 g/mol. The number of benzene rings is 2. The highest BCUT2D eigenvalue weighted by Gasteiger charge is 2.20. The van der Waals surface area contributed by atoms with Crippen molar-refractivity contribution in [2.45, 2.75) is 13.8 Å². The predicted octanol–water partition coefficient (Wildman–Crippen LogP) is 3.09. The molecule has 0 heterocycles. The van der Waals surface area contributed by atoms with Crippen molar-refractivity contribution in [2.24, 2.45) is 0 Å². The van der Waals surface area contributed by atoms with E-state index in [-0.39, 0.29) is 17.0 Å². The molecule has 2 aromatic carbocycles. The van der Waals surface area contributed by atoms with Crippen LogP contribution in [-0.4, -0.2) is 17.6 Å². The molecule has 0 saturated carbocycles. The van der Waals surface area contributed by atoms with Gasteiger partial charge in [-0.1, -0.05) is 6.07 Å². The van der Waals surface area contributed by atoms with Gasteiger partial charge in [0, 0.05) is 18.3 Å². The maximum absolute atomic E-state index is 13.4. The van der Waals surface area contributed by atoms with Gasteiger partial charge in [-0.25, -0.2) is 4.39 Å². The van der Waals surface area contributed by atoms with Gasteiger partial charge in [0.1, 0.15) is 11.6 Å². The van der Waals surface area contributed by atoms with Crippen molar-refractivity contribution in [1.29, 1.82) is 0 Å². The van der Waals surface area contributed by atoms with E-state index in [0.29, 0.717) is 12.2 Å². The summed E-state index contributed by atoms with van der Waals surface area (Å²) in [6.07, 6.45) is 0. The van der Waals surface area contributed by atoms with Gasteiger partial charge in [0.2, 0.25) is 0 Å². The molecule has 0 aromatic heterocycles. The lowest BCUT2D eigenvalue weighted by atomic mass is 10.1. The monoisotopic (exact) mass is 288 g/mol. The maximum Gasteiger partial charge on any atom is 0.260 e. The molecule has 3 N–H and O–H groups in total. The normalized spacial score (nSPS) is 10.4. The number of nitrogens with two attached hydrogens (primary N) is 1. The standard InChI is InChI=1S/C16H17FN2O2/c1-3-19(15-9-12(20)6-4-10(15)2)16(21)13-8-11(17)5-7-14(13)18/h4-9,20H,3,18H2,1-2H3. The van der Waals surface area contributed by atoms with E-state index in [0.717, 1.165) is 11.6 Å². The number of carbonyl (C=O) groups excluding carboxylic acids is 1. The summed E-state index contributed by atoms with van der Waals surface area (Å²) in [6, 6.07) is 8.47. The number of anilines is 2. The van der Waals surface area contributed by atoms with Crippen LogP contribution in [0.2, 0.25) is 0 Å². The Balaban J connectivity index is 2.48. The minimum atomic E-state index is -0.517. The Morgan fingerprint density at radius 2 is 2.00 bits per heavy atom. The van der Waals surface area contributed by atoms with Crippen LogP contribution in [0.25, 0.3) is 0 Å². The fourth-order valence-electron chi connectivity index (χ4n) is 2.17. The number of phenolic OH excluding ortho intramolecular Hbond substituents is 1. The van der Waals surface area contributed by atoms with Gasteiger partial charge in [0.25, 0.3) is 5.91 Å². The first-order chi connectivity index (χ1) is 9.93. The summed E-state index contributed by atoms with van der Waals surface area (Å²) < 4.78 is 13.4. The number of amides is 1. The molecular formula is C16H17FN2O2. The van der Waals surface area contributed by atoms with Crippen LogP contribution in [0, 0.1) is 12.7 Å². The van der Waals surface area contributed by atoms with Gasteiger partial charge < -0.3 is 15.7 Å². The highest BCUT2D eigenvalue weighted by Crippen LogP contribution is 2.27. The second-order valence-electron chi connectivity index (χ2n) is 4.75. The highest BCUT2D eigenvalue weighted by molar-refractivity contribution is 6.09. The van der Waals surface area contributed by atoms with Crippen molar-refractivity contribution in [3.8, 4) is 5.75 Å². The van der Waals surface area contributed by atoms with Gasteiger partial charge in [-0.3, -0.25) is 4.79 Å². The molecule has 5 heteroatoms. The van der Waals surface area contributed by atoms with Crippen LogP contribution in [0.1, 0.15) is 22.8 Å². The number of carbonyl (C=O) groups is 1. The molecule has 0 aliphatic heterocycles. The van der Waals surface area contributed by atoms with E-state index in [9.17, 15) is 14.3 Å². The first-order valence-electron chi connectivity index (χ1n) is 6.60. The largest absolute Gasteiger partial charge is 0.508 e. The average Bonchev–Trinajstić information content (AvgIpc) is 2.46. The van der Waals surface area contributed by atoms with Crippen molar-refractivity contribution in [2.75, 3.05) is 17.2 Å². The fraction of sp³-hybridized carbons (Fsp3) is 0.188. The van der Waals surface area contributed by atoms with Gasteiger partial charge in [-0.05, 0) is 43.7 Å². The molecular weight excluding hydrogens is 271 g/mol. The number of hydrogen-bond donors (Lipinski definition) is 2. The summed E-state index contributed by atoms with van der Waals surface area (Å²) in [4.78, 5) is 14.1. The lowest BCUT2D eigenvalue weighted by molar-refractivity contribution is 0.0988. The zero-order valence-electron chi connectivity index (χ0n) is 11.9. The highest BCUT2D eigenvalue weighted by atomic mass is 19.1. The fourth-order valence-corrected chi connectivity index (χ4v) is 2.17. The van der Waals surface area contributed by atoms with Crippen LogP contribution < -0.4 is 10.6 Å². The van der Waals surface area contributed by atoms with Crippen molar-refractivity contribution in [1.82, 2.24) is 0 Å². The zero-order valence-corrected chi connectivity index (χ0v) is 11.9. The number of hydrogen-bond acceptors (Lipinski definition) is 3. The molecule has 1 amide bonds. The van der Waals surface area contributed by atoms with E-state index < -0.39 is 11.7 Å². The Hall–Kier alpha value is -2.56. The molecule has 110 valence electrons. The van der Waals surface area contributed by atoms with Gasteiger partial charge in [0.05, 0.1) is 11.3 Å². The minimum absolute atomic E-state index is 0.0639. The third kappa shape index (κ3) is 2.97. The molecule has 0 unspecified atom stereocenters. The van der Waals surface area contributed by atoms with Crippen molar-refractivity contribution in [3.63, 3.8) is 0 Å². The van der Waals surface area contributed by atoms with Crippen LogP contribution in [0.15, 0.2) is 36.4 Å². The summed E-state index contributed by atoms with van der Waals surface area (Å²) in [6.45, 7) is 4.01. The summed E-state index contributed by atoms with van der Waals surface area (Å²) >= 11 is 0. The number of nitrogen functional groups attached to an aromatic ring is 1. The van der Waals surface area contributed by atoms with E-state index in [1.807, 2.05) is 6.92 Å². The van der Waals surface area contributed by atoms with Crippen molar-refractivity contribution in [3.05, 3.63) is 53.3 Å². The van der Waals surface area contributed by atoms with Crippen LogP contribution >= 0.6 is 0 Å². The first kappa shape index (κ1) is 14.8. The molecule has 21 heavy (non-hydrogen) atoms. The van der Waals surface area contributed by atoms with Gasteiger partial charge in [-0.15, -0.1) is 0 Å². The van der Waals surface area contributed by atoms with Crippen LogP contribution in [0.5, 0.6) is 5.75 Å². The summed E-state index contributed by atoms with van der Waals surface area (Å²) in [5.41, 5.74) is 7.50. The number of aryl methyl sites for hydroxylation is 1. The Kier molecular flexibility index (Phi) is 4.12. The van der Waals surface area contributed by atoms with E-state index >= 15 is 0 Å². The Morgan fingerprint density at radius 3 is 2.67 bits per heavy atom. The van der Waals surface area contributed by atoms with Gasteiger partial charge in [-0.2, -0.15) is 0 Å². The molecule has 0 atom stereocenters. The topological polar surface area (TPSA) is 66.6 Å². The van der Waals surface area contributed by atoms with Crippen molar-refractivity contribution < 1.29 is 14.3 Å². The quantitative estimate of drug-likeness (QED) is 0.853. The van der Waals surface area contributed by atoms with E-state index in [1.165, 1.54) is 23.1 Å². The Morgan fingerprint density at radius 1 is 1.29 bits per heavy atom. The smallest absolute Gasteiger partial charge is 0.260 e. The molecule has 0 spiro atoms. The van der Waals surface area contributed by atoms with Gasteiger partial charge >= 0.3 is 0 Å².